The number of hydrogen-bond acceptors (Lipinski definition) is 3. The minimum absolute atomic E-state index is 0.489. The van der Waals surface area contributed by atoms with Crippen molar-refractivity contribution < 1.29 is 4.74 Å². The number of hydrogen-bond donors (Lipinski definition) is 1. The van der Waals surface area contributed by atoms with Crippen molar-refractivity contribution in [3.63, 3.8) is 0 Å². The fourth-order valence-electron chi connectivity index (χ4n) is 2.72. The predicted octanol–water partition coefficient (Wildman–Crippen LogP) is 1.63. The molecule has 0 aromatic rings. The molecule has 2 rings (SSSR count). The number of ether oxygens (including phenoxy) is 1. The van der Waals surface area contributed by atoms with E-state index in [-0.39, 0.29) is 0 Å². The molecule has 0 saturated carbocycles. The van der Waals surface area contributed by atoms with E-state index in [9.17, 15) is 0 Å². The highest BCUT2D eigenvalue weighted by molar-refractivity contribution is 4.80. The first-order valence-electron chi connectivity index (χ1n) is 6.84. The van der Waals surface area contributed by atoms with Crippen LogP contribution in [0.5, 0.6) is 0 Å². The summed E-state index contributed by atoms with van der Waals surface area (Å²) in [6, 6.07) is 1.43. The van der Waals surface area contributed by atoms with Crippen molar-refractivity contribution in [1.82, 2.24) is 10.2 Å². The molecule has 3 nitrogen and oxygen atoms in total. The predicted molar refractivity (Wildman–Crippen MR) is 66.7 cm³/mol. The summed E-state index contributed by atoms with van der Waals surface area (Å²) in [5, 5.41) is 3.67. The first kappa shape index (κ1) is 12.3. The number of nitrogens with one attached hydrogen (secondary N) is 1. The van der Waals surface area contributed by atoms with E-state index in [4.69, 9.17) is 4.74 Å². The van der Waals surface area contributed by atoms with Gasteiger partial charge < -0.3 is 15.0 Å². The molecule has 94 valence electrons. The van der Waals surface area contributed by atoms with Gasteiger partial charge in [-0.25, -0.2) is 0 Å². The van der Waals surface area contributed by atoms with Gasteiger partial charge in [-0.05, 0) is 52.6 Å². The van der Waals surface area contributed by atoms with Gasteiger partial charge in [0, 0.05) is 25.2 Å². The Morgan fingerprint density at radius 1 is 1.25 bits per heavy atom. The molecule has 1 atom stereocenters. The maximum Gasteiger partial charge on any atom is 0.0700 e. The first-order valence-corrected chi connectivity index (χ1v) is 6.84. The van der Waals surface area contributed by atoms with Crippen molar-refractivity contribution in [2.45, 2.75) is 57.7 Å². The maximum atomic E-state index is 5.63. The molecule has 0 aliphatic carbocycles. The highest BCUT2D eigenvalue weighted by Crippen LogP contribution is 2.15. The standard InChI is InChI=1S/C13H26N2O/c1-11(2)15-7-5-12(6-8-15)14-10-13-4-3-9-16-13/h11-14H,3-10H2,1-2H3. The minimum atomic E-state index is 0.489. The van der Waals surface area contributed by atoms with E-state index >= 15 is 0 Å². The molecule has 2 heterocycles. The molecule has 2 aliphatic rings. The van der Waals surface area contributed by atoms with E-state index in [1.807, 2.05) is 0 Å². The monoisotopic (exact) mass is 226 g/mol. The van der Waals surface area contributed by atoms with Crippen LogP contribution in [0.3, 0.4) is 0 Å². The van der Waals surface area contributed by atoms with Crippen LogP contribution >= 0.6 is 0 Å². The lowest BCUT2D eigenvalue weighted by Gasteiger charge is -2.35. The second-order valence-electron chi connectivity index (χ2n) is 5.45. The third-order valence-electron chi connectivity index (χ3n) is 3.92. The number of nitrogens with zero attached hydrogens (tertiary/aromatic N) is 1. The van der Waals surface area contributed by atoms with Crippen molar-refractivity contribution in [2.75, 3.05) is 26.2 Å². The van der Waals surface area contributed by atoms with E-state index in [1.165, 1.54) is 38.8 Å². The number of piperidine rings is 1. The van der Waals surface area contributed by atoms with Gasteiger partial charge in [0.25, 0.3) is 0 Å². The van der Waals surface area contributed by atoms with Crippen molar-refractivity contribution >= 4 is 0 Å². The van der Waals surface area contributed by atoms with Crippen LogP contribution < -0.4 is 5.32 Å². The third kappa shape index (κ3) is 3.44. The molecule has 2 saturated heterocycles. The minimum Gasteiger partial charge on any atom is -0.377 e. The van der Waals surface area contributed by atoms with Crippen molar-refractivity contribution in [3.05, 3.63) is 0 Å². The molecule has 0 amide bonds. The smallest absolute Gasteiger partial charge is 0.0700 e. The van der Waals surface area contributed by atoms with Gasteiger partial charge in [0.05, 0.1) is 6.10 Å². The van der Waals surface area contributed by atoms with Gasteiger partial charge >= 0.3 is 0 Å². The molecule has 0 aromatic heterocycles. The molecule has 0 spiro atoms. The Bertz CT molecular complexity index is 194. The fraction of sp³-hybridized carbons (Fsp3) is 1.00. The Kier molecular flexibility index (Phi) is 4.62. The highest BCUT2D eigenvalue weighted by Gasteiger charge is 2.22. The average molecular weight is 226 g/mol. The molecular formula is C13H26N2O. The van der Waals surface area contributed by atoms with Gasteiger partial charge in [-0.3, -0.25) is 0 Å². The number of rotatable bonds is 4. The number of likely N-dealkylation sites (tertiary alicyclic amines) is 1. The van der Waals surface area contributed by atoms with Crippen molar-refractivity contribution in [3.8, 4) is 0 Å². The van der Waals surface area contributed by atoms with Gasteiger partial charge in [0.2, 0.25) is 0 Å². The Morgan fingerprint density at radius 3 is 2.56 bits per heavy atom. The van der Waals surface area contributed by atoms with Crippen LogP contribution in [0.15, 0.2) is 0 Å². The summed E-state index contributed by atoms with van der Waals surface area (Å²) >= 11 is 0. The summed E-state index contributed by atoms with van der Waals surface area (Å²) in [6.45, 7) is 9.12. The van der Waals surface area contributed by atoms with Crippen LogP contribution in [0.2, 0.25) is 0 Å². The van der Waals surface area contributed by atoms with E-state index in [0.717, 1.165) is 19.2 Å². The molecule has 1 N–H and O–H groups in total. The van der Waals surface area contributed by atoms with Crippen LogP contribution in [0.1, 0.15) is 39.5 Å². The normalized spacial score (nSPS) is 29.1. The summed E-state index contributed by atoms with van der Waals surface area (Å²) in [5.41, 5.74) is 0. The molecular weight excluding hydrogens is 200 g/mol. The molecule has 2 aliphatic heterocycles. The molecule has 1 unspecified atom stereocenters. The quantitative estimate of drug-likeness (QED) is 0.788. The highest BCUT2D eigenvalue weighted by atomic mass is 16.5. The maximum absolute atomic E-state index is 5.63. The second kappa shape index (κ2) is 5.99. The Balaban J connectivity index is 1.61. The van der Waals surface area contributed by atoms with Crippen molar-refractivity contribution in [1.29, 1.82) is 0 Å². The van der Waals surface area contributed by atoms with E-state index in [1.54, 1.807) is 0 Å². The van der Waals surface area contributed by atoms with Crippen molar-refractivity contribution in [2.24, 2.45) is 0 Å². The largest absolute Gasteiger partial charge is 0.377 e. The molecule has 16 heavy (non-hydrogen) atoms. The van der Waals surface area contributed by atoms with Gasteiger partial charge in [-0.1, -0.05) is 0 Å². The average Bonchev–Trinajstić information content (AvgIpc) is 2.80. The van der Waals surface area contributed by atoms with Gasteiger partial charge in [0.1, 0.15) is 0 Å². The zero-order valence-electron chi connectivity index (χ0n) is 10.7. The first-order chi connectivity index (χ1) is 7.75. The summed E-state index contributed by atoms with van der Waals surface area (Å²) in [7, 11) is 0. The molecule has 0 aromatic carbocycles. The zero-order chi connectivity index (χ0) is 11.4. The van der Waals surface area contributed by atoms with Gasteiger partial charge in [-0.15, -0.1) is 0 Å². The Hall–Kier alpha value is -0.120. The Labute approximate surface area is 99.5 Å². The molecule has 3 heteroatoms. The summed E-state index contributed by atoms with van der Waals surface area (Å²) in [6.07, 6.45) is 5.58. The lowest BCUT2D eigenvalue weighted by Crippen LogP contribution is -2.46. The van der Waals surface area contributed by atoms with Gasteiger partial charge in [-0.2, -0.15) is 0 Å². The van der Waals surface area contributed by atoms with E-state index in [0.29, 0.717) is 12.1 Å². The molecule has 0 radical (unpaired) electrons. The summed E-state index contributed by atoms with van der Waals surface area (Å²) in [4.78, 5) is 2.57. The van der Waals surface area contributed by atoms with Crippen LogP contribution in [0.4, 0.5) is 0 Å². The third-order valence-corrected chi connectivity index (χ3v) is 3.92. The van der Waals surface area contributed by atoms with E-state index < -0.39 is 0 Å². The van der Waals surface area contributed by atoms with E-state index in [2.05, 4.69) is 24.1 Å². The lowest BCUT2D eigenvalue weighted by molar-refractivity contribution is 0.0997. The SMILES string of the molecule is CC(C)N1CCC(NCC2CCCO2)CC1. The van der Waals surface area contributed by atoms with Crippen LogP contribution in [-0.2, 0) is 4.74 Å². The fourth-order valence-corrected chi connectivity index (χ4v) is 2.72. The zero-order valence-corrected chi connectivity index (χ0v) is 10.7. The summed E-state index contributed by atoms with van der Waals surface area (Å²) in [5.74, 6) is 0. The van der Waals surface area contributed by atoms with Gasteiger partial charge in [0.15, 0.2) is 0 Å². The molecule has 2 fully saturated rings. The molecule has 0 bridgehead atoms. The van der Waals surface area contributed by atoms with Crippen LogP contribution in [0.25, 0.3) is 0 Å². The van der Waals surface area contributed by atoms with Crippen LogP contribution in [0, 0.1) is 0 Å². The summed E-state index contributed by atoms with van der Waals surface area (Å²) < 4.78 is 5.63. The van der Waals surface area contributed by atoms with Crippen LogP contribution in [-0.4, -0.2) is 49.3 Å². The second-order valence-corrected chi connectivity index (χ2v) is 5.45. The lowest BCUT2D eigenvalue weighted by atomic mass is 10.0. The Morgan fingerprint density at radius 2 is 2.00 bits per heavy atom. The topological polar surface area (TPSA) is 24.5 Å².